The van der Waals surface area contributed by atoms with Crippen molar-refractivity contribution in [3.8, 4) is 11.1 Å². The number of hydrogen-bond acceptors (Lipinski definition) is 8. The first-order chi connectivity index (χ1) is 22.3. The van der Waals surface area contributed by atoms with E-state index in [1.54, 1.807) is 83.1 Å². The third-order valence-corrected chi connectivity index (χ3v) is 7.01. The predicted molar refractivity (Wildman–Crippen MR) is 188 cm³/mol. The maximum absolute atomic E-state index is 13.4. The number of ether oxygens (including phenoxy) is 4. The molecular formula is C38H52N2O8. The quantitative estimate of drug-likeness (QED) is 0.141. The smallest absolute Gasteiger partial charge is 0.408 e. The zero-order valence-electron chi connectivity index (χ0n) is 30.5. The Balaban J connectivity index is 3.03. The number of amides is 2. The van der Waals surface area contributed by atoms with Gasteiger partial charge in [0.15, 0.2) is 0 Å². The van der Waals surface area contributed by atoms with Crippen molar-refractivity contribution < 1.29 is 38.1 Å². The maximum atomic E-state index is 13.4. The lowest BCUT2D eigenvalue weighted by atomic mass is 9.83. The zero-order valence-corrected chi connectivity index (χ0v) is 30.5. The summed E-state index contributed by atoms with van der Waals surface area (Å²) in [6.45, 7) is 21.0. The van der Waals surface area contributed by atoms with E-state index in [9.17, 15) is 19.2 Å². The fourth-order valence-corrected chi connectivity index (χ4v) is 5.14. The Labute approximate surface area is 285 Å². The number of benzene rings is 2. The van der Waals surface area contributed by atoms with Crippen LogP contribution in [0.2, 0.25) is 0 Å². The molecule has 0 saturated heterocycles. The molecule has 0 aliphatic rings. The number of carbonyl (C=O) groups is 4. The SMILES string of the molecule is CCOC(=O)/C(C)=C(/c1ccc(-c2ccccc2)cc1/C(=C(\C)C(=O)OCC)[C@@H](C)NC(=O)OC(C)(C)C)[C@@H](C)NC(=O)OC(C)(C)C. The Hall–Kier alpha value is -4.60. The van der Waals surface area contributed by atoms with E-state index in [4.69, 9.17) is 18.9 Å². The maximum Gasteiger partial charge on any atom is 0.408 e. The number of alkyl carbamates (subject to hydrolysis) is 2. The molecule has 0 fully saturated rings. The van der Waals surface area contributed by atoms with Gasteiger partial charge in [-0.25, -0.2) is 19.2 Å². The molecule has 10 heteroatoms. The van der Waals surface area contributed by atoms with Crippen LogP contribution in [0, 0.1) is 0 Å². The molecule has 2 aromatic carbocycles. The summed E-state index contributed by atoms with van der Waals surface area (Å²) >= 11 is 0. The summed E-state index contributed by atoms with van der Waals surface area (Å²) in [4.78, 5) is 52.7. The molecule has 262 valence electrons. The number of carbonyl (C=O) groups excluding carboxylic acids is 4. The molecule has 0 unspecified atom stereocenters. The van der Waals surface area contributed by atoms with E-state index < -0.39 is 47.4 Å². The number of nitrogens with one attached hydrogen (secondary N) is 2. The largest absolute Gasteiger partial charge is 0.463 e. The third kappa shape index (κ3) is 11.6. The van der Waals surface area contributed by atoms with Gasteiger partial charge in [0.05, 0.1) is 25.3 Å². The van der Waals surface area contributed by atoms with Crippen molar-refractivity contribution in [2.45, 2.75) is 106 Å². The van der Waals surface area contributed by atoms with Crippen molar-refractivity contribution >= 4 is 35.3 Å². The summed E-state index contributed by atoms with van der Waals surface area (Å²) in [6.07, 6.45) is -1.35. The highest BCUT2D eigenvalue weighted by Gasteiger charge is 2.30. The van der Waals surface area contributed by atoms with Gasteiger partial charge in [-0.15, -0.1) is 0 Å². The van der Waals surface area contributed by atoms with Gasteiger partial charge in [0.1, 0.15) is 11.2 Å². The van der Waals surface area contributed by atoms with Crippen LogP contribution in [0.15, 0.2) is 59.7 Å². The molecule has 2 N–H and O–H groups in total. The van der Waals surface area contributed by atoms with Crippen molar-refractivity contribution in [3.05, 3.63) is 70.8 Å². The Bertz CT molecular complexity index is 1530. The van der Waals surface area contributed by atoms with Gasteiger partial charge in [-0.1, -0.05) is 42.5 Å². The van der Waals surface area contributed by atoms with Gasteiger partial charge in [0.2, 0.25) is 0 Å². The molecule has 2 atom stereocenters. The van der Waals surface area contributed by atoms with Crippen LogP contribution in [-0.2, 0) is 28.5 Å². The lowest BCUT2D eigenvalue weighted by molar-refractivity contribution is -0.139. The molecule has 2 amide bonds. The van der Waals surface area contributed by atoms with Crippen LogP contribution in [-0.4, -0.2) is 60.6 Å². The molecule has 0 radical (unpaired) electrons. The van der Waals surface area contributed by atoms with Crippen molar-refractivity contribution in [1.29, 1.82) is 0 Å². The first kappa shape index (κ1) is 39.6. The van der Waals surface area contributed by atoms with Gasteiger partial charge < -0.3 is 29.6 Å². The lowest BCUT2D eigenvalue weighted by Crippen LogP contribution is -2.40. The van der Waals surface area contributed by atoms with E-state index >= 15 is 0 Å². The summed E-state index contributed by atoms with van der Waals surface area (Å²) < 4.78 is 21.9. The average molecular weight is 665 g/mol. The molecule has 0 aromatic heterocycles. The number of esters is 2. The van der Waals surface area contributed by atoms with Gasteiger partial charge in [-0.3, -0.25) is 0 Å². The Morgan fingerprint density at radius 2 is 1.04 bits per heavy atom. The highest BCUT2D eigenvalue weighted by molar-refractivity contribution is 6.04. The predicted octanol–water partition coefficient (Wildman–Crippen LogP) is 7.85. The van der Waals surface area contributed by atoms with Gasteiger partial charge >= 0.3 is 24.1 Å². The van der Waals surface area contributed by atoms with Crippen LogP contribution in [0.4, 0.5) is 9.59 Å². The Kier molecular flexibility index (Phi) is 14.0. The van der Waals surface area contributed by atoms with Crippen LogP contribution in [0.5, 0.6) is 0 Å². The molecule has 2 aromatic rings. The summed E-state index contributed by atoms with van der Waals surface area (Å²) in [5, 5.41) is 5.73. The molecule has 48 heavy (non-hydrogen) atoms. The molecule has 0 aliphatic carbocycles. The van der Waals surface area contributed by atoms with E-state index in [0.717, 1.165) is 11.1 Å². The molecule has 0 bridgehead atoms. The molecule has 0 saturated carbocycles. The summed E-state index contributed by atoms with van der Waals surface area (Å²) in [7, 11) is 0. The molecule has 0 heterocycles. The van der Waals surface area contributed by atoms with Crippen molar-refractivity contribution in [3.63, 3.8) is 0 Å². The summed E-state index contributed by atoms with van der Waals surface area (Å²) in [6, 6.07) is 13.8. The summed E-state index contributed by atoms with van der Waals surface area (Å²) in [5.74, 6) is -1.15. The monoisotopic (exact) mass is 664 g/mol. The van der Waals surface area contributed by atoms with Crippen LogP contribution in [0.25, 0.3) is 22.3 Å². The lowest BCUT2D eigenvalue weighted by Gasteiger charge is -2.28. The fourth-order valence-electron chi connectivity index (χ4n) is 5.14. The van der Waals surface area contributed by atoms with Gasteiger partial charge in [0, 0.05) is 11.1 Å². The second kappa shape index (κ2) is 17.0. The van der Waals surface area contributed by atoms with E-state index in [0.29, 0.717) is 22.3 Å². The molecule has 0 aliphatic heterocycles. The van der Waals surface area contributed by atoms with E-state index in [2.05, 4.69) is 10.6 Å². The van der Waals surface area contributed by atoms with E-state index in [1.807, 2.05) is 48.5 Å². The van der Waals surface area contributed by atoms with Crippen LogP contribution >= 0.6 is 0 Å². The highest BCUT2D eigenvalue weighted by atomic mass is 16.6. The van der Waals surface area contributed by atoms with Crippen molar-refractivity contribution in [2.75, 3.05) is 13.2 Å². The Morgan fingerprint density at radius 1 is 0.625 bits per heavy atom. The van der Waals surface area contributed by atoms with Crippen LogP contribution in [0.1, 0.15) is 94.2 Å². The van der Waals surface area contributed by atoms with Crippen molar-refractivity contribution in [1.82, 2.24) is 10.6 Å². The average Bonchev–Trinajstić information content (AvgIpc) is 2.96. The number of rotatable bonds is 11. The van der Waals surface area contributed by atoms with Crippen LogP contribution < -0.4 is 10.6 Å². The van der Waals surface area contributed by atoms with Gasteiger partial charge in [-0.2, -0.15) is 0 Å². The standard InChI is InChI=1S/C38H52N2O8/c1-13-45-33(41)23(3)31(25(5)39-35(43)47-37(7,8)9)29-21-20-28(27-18-16-15-17-19-27)22-30(29)32(24(4)34(42)46-14-2)26(6)40-36(44)48-38(10,11)12/h15-22,25-26H,13-14H2,1-12H3,(H,39,43)(H,40,44)/b31-23+,32-24+/t25-,26-/m1/s1. The molecular weight excluding hydrogens is 612 g/mol. The first-order valence-electron chi connectivity index (χ1n) is 16.2. The highest BCUT2D eigenvalue weighted by Crippen LogP contribution is 2.37. The van der Waals surface area contributed by atoms with Crippen molar-refractivity contribution in [2.24, 2.45) is 0 Å². The fraction of sp³-hybridized carbons (Fsp3) is 0.474. The Morgan fingerprint density at radius 3 is 1.44 bits per heavy atom. The normalized spacial score (nSPS) is 14.0. The zero-order chi connectivity index (χ0) is 36.4. The molecule has 10 nitrogen and oxygen atoms in total. The van der Waals surface area contributed by atoms with Crippen LogP contribution in [0.3, 0.4) is 0 Å². The second-order valence-electron chi connectivity index (χ2n) is 13.4. The number of hydrogen-bond donors (Lipinski definition) is 2. The molecule has 2 rings (SSSR count). The minimum Gasteiger partial charge on any atom is -0.463 e. The molecule has 0 spiro atoms. The summed E-state index contributed by atoms with van der Waals surface area (Å²) in [5.41, 5.74) is 2.61. The van der Waals surface area contributed by atoms with Gasteiger partial charge in [0.25, 0.3) is 0 Å². The van der Waals surface area contributed by atoms with Gasteiger partial charge in [-0.05, 0) is 123 Å². The topological polar surface area (TPSA) is 129 Å². The van der Waals surface area contributed by atoms with E-state index in [1.165, 1.54) is 0 Å². The minimum atomic E-state index is -0.771. The third-order valence-electron chi connectivity index (χ3n) is 7.01. The minimum absolute atomic E-state index is 0.137. The first-order valence-corrected chi connectivity index (χ1v) is 16.2. The second-order valence-corrected chi connectivity index (χ2v) is 13.4. The van der Waals surface area contributed by atoms with E-state index in [-0.39, 0.29) is 24.4 Å².